The highest BCUT2D eigenvalue weighted by Crippen LogP contribution is 1.99. The van der Waals surface area contributed by atoms with Gasteiger partial charge in [0.05, 0.1) is 98.6 Å². The fourth-order valence-corrected chi connectivity index (χ4v) is 4.15. The molecule has 0 unspecified atom stereocenters. The number of hydrogen-bond donors (Lipinski definition) is 4. The van der Waals surface area contributed by atoms with Crippen molar-refractivity contribution < 1.29 is 91.7 Å². The zero-order chi connectivity index (χ0) is 49.4. The number of carbonyl (C=O) groups is 4. The summed E-state index contributed by atoms with van der Waals surface area (Å²) in [5, 5.41) is 33.5. The molecule has 0 rings (SSSR count). The second-order valence-corrected chi connectivity index (χ2v) is 15.4. The molecule has 0 aliphatic heterocycles. The summed E-state index contributed by atoms with van der Waals surface area (Å²) in [4.78, 5) is 40.7. The summed E-state index contributed by atoms with van der Waals surface area (Å²) in [6.07, 6.45) is 6.40. The molecular weight excluding hydrogens is 856 g/mol. The van der Waals surface area contributed by atoms with Crippen molar-refractivity contribution in [3.63, 3.8) is 0 Å². The van der Waals surface area contributed by atoms with Gasteiger partial charge in [-0.05, 0) is 64.2 Å². The number of hydrogen-bond acceptors (Lipinski definition) is 15. The third-order valence-electron chi connectivity index (χ3n) is 7.56. The zero-order valence-corrected chi connectivity index (χ0v) is 41.3. The van der Waals surface area contributed by atoms with Gasteiger partial charge in [0, 0.05) is 71.9 Å². The maximum absolute atomic E-state index is 10.2. The fourth-order valence-electron chi connectivity index (χ4n) is 4.15. The molecule has 0 aromatic heterocycles. The molecule has 0 saturated heterocycles. The largest absolute Gasteiger partial charge is 0.481 e. The molecule has 19 nitrogen and oxygen atoms in total. The Morgan fingerprint density at radius 3 is 0.862 bits per heavy atom. The lowest BCUT2D eigenvalue weighted by Gasteiger charge is -2.08. The van der Waals surface area contributed by atoms with E-state index in [0.717, 1.165) is 39.1 Å². The first-order valence-electron chi connectivity index (χ1n) is 23.4. The van der Waals surface area contributed by atoms with Gasteiger partial charge in [-0.15, -0.1) is 0 Å². The maximum atomic E-state index is 10.2. The summed E-state index contributed by atoms with van der Waals surface area (Å²) in [5.74, 6) is -1.91. The molecule has 0 aromatic rings. The zero-order valence-electron chi connectivity index (χ0n) is 41.3. The number of rotatable bonds is 46. The van der Waals surface area contributed by atoms with Gasteiger partial charge in [-0.2, -0.15) is 0 Å². The molecule has 0 heterocycles. The molecule has 0 fully saturated rings. The van der Waals surface area contributed by atoms with Crippen LogP contribution in [0.4, 0.5) is 0 Å². The lowest BCUT2D eigenvalue weighted by Crippen LogP contribution is -2.12. The maximum Gasteiger partial charge on any atom is 0.303 e. The van der Waals surface area contributed by atoms with E-state index in [2.05, 4.69) is 34.6 Å². The van der Waals surface area contributed by atoms with E-state index in [4.69, 9.17) is 72.5 Å². The molecule has 0 aliphatic rings. The molecule has 0 atom stereocenters. The Labute approximate surface area is 390 Å². The van der Waals surface area contributed by atoms with Crippen molar-refractivity contribution in [1.82, 2.24) is 0 Å². The highest BCUT2D eigenvalue weighted by molar-refractivity contribution is 5.67. The van der Waals surface area contributed by atoms with Crippen LogP contribution < -0.4 is 0 Å². The van der Waals surface area contributed by atoms with Crippen molar-refractivity contribution in [2.24, 2.45) is 11.8 Å². The van der Waals surface area contributed by atoms with Gasteiger partial charge in [-0.1, -0.05) is 41.0 Å². The second kappa shape index (κ2) is 59.5. The SMILES string of the molecule is CC(C)CCOCCOCCCC(=O)O.CC(C)COCCOCCOCCCC(=O)O.CC(C)OCCOCCOCCCC(=O)O.CCCCOCCOCCOCCCC(=O)O. The number of unbranched alkanes of at least 4 members (excludes halogenated alkanes) is 1. The van der Waals surface area contributed by atoms with E-state index in [1.807, 2.05) is 13.8 Å². The van der Waals surface area contributed by atoms with Crippen molar-refractivity contribution in [2.75, 3.05) is 139 Å². The third kappa shape index (κ3) is 85.3. The van der Waals surface area contributed by atoms with E-state index in [1.54, 1.807) is 0 Å². The molecule has 390 valence electrons. The predicted molar refractivity (Wildman–Crippen MR) is 246 cm³/mol. The molecule has 4 N–H and O–H groups in total. The summed E-state index contributed by atoms with van der Waals surface area (Å²) >= 11 is 0. The lowest BCUT2D eigenvalue weighted by atomic mass is 10.1. The summed E-state index contributed by atoms with van der Waals surface area (Å²) in [6.45, 7) is 26.6. The summed E-state index contributed by atoms with van der Waals surface area (Å²) in [7, 11) is 0. The van der Waals surface area contributed by atoms with E-state index in [-0.39, 0.29) is 31.8 Å². The minimum atomic E-state index is -0.786. The van der Waals surface area contributed by atoms with Gasteiger partial charge in [0.1, 0.15) is 0 Å². The van der Waals surface area contributed by atoms with Crippen molar-refractivity contribution in [2.45, 2.75) is 125 Å². The summed E-state index contributed by atoms with van der Waals surface area (Å²) in [6, 6.07) is 0. The normalized spacial score (nSPS) is 10.9. The van der Waals surface area contributed by atoms with Gasteiger partial charge in [-0.25, -0.2) is 0 Å². The quantitative estimate of drug-likeness (QED) is 0.0475. The van der Waals surface area contributed by atoms with Crippen LogP contribution >= 0.6 is 0 Å². The Morgan fingerprint density at radius 1 is 0.338 bits per heavy atom. The number of carboxylic acids is 4. The van der Waals surface area contributed by atoms with E-state index in [9.17, 15) is 19.2 Å². The average molecular weight is 949 g/mol. The molecule has 0 spiro atoms. The molecule has 19 heteroatoms. The third-order valence-corrected chi connectivity index (χ3v) is 7.56. The standard InChI is InChI=1S/2C12H24O5.C11H22O5.C11H22O4/c1-11(2)10-17-9-8-16-7-6-15-5-3-4-12(13)14;1-2-3-6-15-8-10-17-11-9-16-7-4-5-12(13)14;1-10(2)16-9-8-15-7-6-14-5-3-4-11(12)13;1-10(2)5-7-15-9-8-14-6-3-4-11(12)13/h11H,3-10H2,1-2H3,(H,13,14);2-11H2,1H3,(H,13,14);10H,3-9H2,1-2H3,(H,12,13);10H,3-9H2,1-2H3,(H,12,13). The molecule has 0 aliphatic carbocycles. The number of ether oxygens (including phenoxy) is 11. The Balaban J connectivity index is -0.000000382. The first kappa shape index (κ1) is 69.0. The minimum absolute atomic E-state index is 0.156. The smallest absolute Gasteiger partial charge is 0.303 e. The van der Waals surface area contributed by atoms with E-state index >= 15 is 0 Å². The van der Waals surface area contributed by atoms with Gasteiger partial charge in [0.15, 0.2) is 0 Å². The van der Waals surface area contributed by atoms with Crippen LogP contribution in [0, 0.1) is 11.8 Å². The Kier molecular flexibility index (Phi) is 63.1. The molecule has 0 radical (unpaired) electrons. The monoisotopic (exact) mass is 949 g/mol. The number of carboxylic acid groups (broad SMARTS) is 4. The highest BCUT2D eigenvalue weighted by atomic mass is 16.6. The highest BCUT2D eigenvalue weighted by Gasteiger charge is 2.01. The first-order chi connectivity index (χ1) is 31.1. The van der Waals surface area contributed by atoms with Crippen LogP contribution in [0.2, 0.25) is 0 Å². The van der Waals surface area contributed by atoms with Gasteiger partial charge >= 0.3 is 23.9 Å². The molecule has 65 heavy (non-hydrogen) atoms. The Morgan fingerprint density at radius 2 is 0.600 bits per heavy atom. The molecular formula is C46H92O19. The van der Waals surface area contributed by atoms with Crippen molar-refractivity contribution in [1.29, 1.82) is 0 Å². The van der Waals surface area contributed by atoms with Crippen molar-refractivity contribution >= 4 is 23.9 Å². The minimum Gasteiger partial charge on any atom is -0.481 e. The molecule has 0 amide bonds. The van der Waals surface area contributed by atoms with Crippen LogP contribution in [0.3, 0.4) is 0 Å². The van der Waals surface area contributed by atoms with Crippen molar-refractivity contribution in [3.05, 3.63) is 0 Å². The van der Waals surface area contributed by atoms with Crippen molar-refractivity contribution in [3.8, 4) is 0 Å². The van der Waals surface area contributed by atoms with Gasteiger partial charge in [-0.3, -0.25) is 19.2 Å². The van der Waals surface area contributed by atoms with Crippen LogP contribution in [-0.4, -0.2) is 189 Å². The molecule has 0 aromatic carbocycles. The second-order valence-electron chi connectivity index (χ2n) is 15.4. The van der Waals surface area contributed by atoms with E-state index < -0.39 is 23.9 Å². The summed E-state index contributed by atoms with van der Waals surface area (Å²) < 4.78 is 57.8. The lowest BCUT2D eigenvalue weighted by molar-refractivity contribution is -0.138. The van der Waals surface area contributed by atoms with Crippen LogP contribution in [0.25, 0.3) is 0 Å². The van der Waals surface area contributed by atoms with Crippen LogP contribution in [0.15, 0.2) is 0 Å². The molecule has 0 bridgehead atoms. The van der Waals surface area contributed by atoms with Crippen LogP contribution in [0.1, 0.15) is 119 Å². The van der Waals surface area contributed by atoms with Crippen LogP contribution in [0.5, 0.6) is 0 Å². The number of aliphatic carboxylic acids is 4. The Hall–Kier alpha value is -2.56. The van der Waals surface area contributed by atoms with Gasteiger partial charge in [0.2, 0.25) is 0 Å². The van der Waals surface area contributed by atoms with Gasteiger partial charge < -0.3 is 72.5 Å². The van der Waals surface area contributed by atoms with Gasteiger partial charge in [0.25, 0.3) is 0 Å². The Bertz CT molecular complexity index is 984. The van der Waals surface area contributed by atoms with E-state index in [0.29, 0.717) is 156 Å². The average Bonchev–Trinajstić information content (AvgIpc) is 3.23. The first-order valence-corrected chi connectivity index (χ1v) is 23.4. The van der Waals surface area contributed by atoms with Crippen LogP contribution in [-0.2, 0) is 71.3 Å². The fraction of sp³-hybridized carbons (Fsp3) is 0.913. The molecule has 0 saturated carbocycles. The van der Waals surface area contributed by atoms with E-state index in [1.165, 1.54) is 0 Å². The topological polar surface area (TPSA) is 251 Å². The predicted octanol–water partition coefficient (Wildman–Crippen LogP) is 6.50. The summed E-state index contributed by atoms with van der Waals surface area (Å²) in [5.41, 5.74) is 0.